The van der Waals surface area contributed by atoms with Crippen LogP contribution in [0.15, 0.2) is 30.3 Å². The van der Waals surface area contributed by atoms with Crippen molar-refractivity contribution in [2.45, 2.75) is 117 Å². The first-order valence-electron chi connectivity index (χ1n) is 12.2. The average molecular weight is 389 g/mol. The lowest BCUT2D eigenvalue weighted by molar-refractivity contribution is 0.118. The molecule has 0 saturated heterocycles. The molecule has 1 aromatic carbocycles. The summed E-state index contributed by atoms with van der Waals surface area (Å²) in [5.74, 6) is 0. The van der Waals surface area contributed by atoms with E-state index in [4.69, 9.17) is 4.74 Å². The molecule has 0 aromatic heterocycles. The van der Waals surface area contributed by atoms with Gasteiger partial charge in [-0.2, -0.15) is 0 Å². The second kappa shape index (κ2) is 17.1. The number of aryl methyl sites for hydroxylation is 1. The van der Waals surface area contributed by atoms with Gasteiger partial charge >= 0.3 is 0 Å². The summed E-state index contributed by atoms with van der Waals surface area (Å²) >= 11 is 0. The lowest BCUT2D eigenvalue weighted by Gasteiger charge is -2.17. The zero-order valence-corrected chi connectivity index (χ0v) is 19.3. The molecule has 1 heteroatoms. The Balaban J connectivity index is 1.70. The van der Waals surface area contributed by atoms with Gasteiger partial charge in [-0.25, -0.2) is 0 Å². The van der Waals surface area contributed by atoms with E-state index < -0.39 is 0 Å². The van der Waals surface area contributed by atoms with Gasteiger partial charge in [-0.3, -0.25) is 0 Å². The smallest absolute Gasteiger partial charge is 0.0466 e. The van der Waals surface area contributed by atoms with E-state index in [1.807, 2.05) is 0 Å². The van der Waals surface area contributed by atoms with Crippen LogP contribution in [0.4, 0.5) is 0 Å². The SMILES string of the molecule is CC(C)(C)CCCOCCCCCCCCCCCCCCc1ccccc1. The van der Waals surface area contributed by atoms with Crippen LogP contribution in [0.1, 0.15) is 116 Å². The number of ether oxygens (including phenoxy) is 1. The highest BCUT2D eigenvalue weighted by molar-refractivity contribution is 5.14. The molecule has 1 rings (SSSR count). The van der Waals surface area contributed by atoms with Crippen LogP contribution in [0.5, 0.6) is 0 Å². The molecular formula is C27H48O. The van der Waals surface area contributed by atoms with Crippen molar-refractivity contribution in [1.29, 1.82) is 0 Å². The van der Waals surface area contributed by atoms with E-state index in [0.29, 0.717) is 5.41 Å². The first kappa shape index (κ1) is 25.2. The predicted octanol–water partition coefficient (Wildman–Crippen LogP) is 8.75. The van der Waals surface area contributed by atoms with Crippen molar-refractivity contribution in [3.8, 4) is 0 Å². The third kappa shape index (κ3) is 17.3. The van der Waals surface area contributed by atoms with Crippen molar-refractivity contribution in [1.82, 2.24) is 0 Å². The molecule has 0 N–H and O–H groups in total. The molecule has 0 bridgehead atoms. The van der Waals surface area contributed by atoms with E-state index in [9.17, 15) is 0 Å². The van der Waals surface area contributed by atoms with Crippen LogP contribution in [0.25, 0.3) is 0 Å². The highest BCUT2D eigenvalue weighted by Crippen LogP contribution is 2.20. The summed E-state index contributed by atoms with van der Waals surface area (Å²) in [4.78, 5) is 0. The van der Waals surface area contributed by atoms with Crippen LogP contribution in [0, 0.1) is 5.41 Å². The summed E-state index contributed by atoms with van der Waals surface area (Å²) in [6.45, 7) is 8.83. The predicted molar refractivity (Wildman–Crippen MR) is 125 cm³/mol. The van der Waals surface area contributed by atoms with E-state index in [1.54, 1.807) is 0 Å². The third-order valence-electron chi connectivity index (χ3n) is 5.56. The zero-order chi connectivity index (χ0) is 20.3. The summed E-state index contributed by atoms with van der Waals surface area (Å²) < 4.78 is 5.75. The summed E-state index contributed by atoms with van der Waals surface area (Å²) in [5, 5.41) is 0. The van der Waals surface area contributed by atoms with Crippen LogP contribution in [-0.2, 0) is 11.2 Å². The van der Waals surface area contributed by atoms with Gasteiger partial charge in [-0.1, -0.05) is 115 Å². The number of hydrogen-bond donors (Lipinski definition) is 0. The maximum atomic E-state index is 5.75. The van der Waals surface area contributed by atoms with Gasteiger partial charge in [0, 0.05) is 13.2 Å². The molecule has 28 heavy (non-hydrogen) atoms. The molecule has 0 saturated carbocycles. The minimum atomic E-state index is 0.450. The molecule has 0 spiro atoms. The fourth-order valence-electron chi connectivity index (χ4n) is 3.75. The number of unbranched alkanes of at least 4 members (excludes halogenated alkanes) is 11. The van der Waals surface area contributed by atoms with Gasteiger partial charge in [0.2, 0.25) is 0 Å². The van der Waals surface area contributed by atoms with Gasteiger partial charge < -0.3 is 4.74 Å². The van der Waals surface area contributed by atoms with Crippen LogP contribution >= 0.6 is 0 Å². The van der Waals surface area contributed by atoms with Crippen molar-refractivity contribution in [2.24, 2.45) is 5.41 Å². The number of hydrogen-bond acceptors (Lipinski definition) is 1. The minimum Gasteiger partial charge on any atom is -0.381 e. The van der Waals surface area contributed by atoms with Crippen molar-refractivity contribution in [2.75, 3.05) is 13.2 Å². The maximum Gasteiger partial charge on any atom is 0.0466 e. The summed E-state index contributed by atoms with van der Waals surface area (Å²) in [6, 6.07) is 10.9. The van der Waals surface area contributed by atoms with Crippen LogP contribution < -0.4 is 0 Å². The third-order valence-corrected chi connectivity index (χ3v) is 5.56. The first-order chi connectivity index (χ1) is 13.6. The Labute approximate surface area is 176 Å². The largest absolute Gasteiger partial charge is 0.381 e. The average Bonchev–Trinajstić information content (AvgIpc) is 2.67. The van der Waals surface area contributed by atoms with E-state index in [2.05, 4.69) is 51.1 Å². The minimum absolute atomic E-state index is 0.450. The molecule has 0 unspecified atom stereocenters. The summed E-state index contributed by atoms with van der Waals surface area (Å²) in [5.41, 5.74) is 1.95. The zero-order valence-electron chi connectivity index (χ0n) is 19.3. The number of benzene rings is 1. The van der Waals surface area contributed by atoms with Gasteiger partial charge in [0.15, 0.2) is 0 Å². The molecule has 1 nitrogen and oxygen atoms in total. The molecule has 0 fully saturated rings. The molecule has 0 heterocycles. The Morgan fingerprint density at radius 1 is 0.571 bits per heavy atom. The molecule has 0 aliphatic heterocycles. The molecule has 0 atom stereocenters. The van der Waals surface area contributed by atoms with Gasteiger partial charge in [0.25, 0.3) is 0 Å². The van der Waals surface area contributed by atoms with Gasteiger partial charge in [-0.05, 0) is 43.1 Å². The van der Waals surface area contributed by atoms with E-state index >= 15 is 0 Å². The Bertz CT molecular complexity index is 431. The molecule has 0 radical (unpaired) electrons. The highest BCUT2D eigenvalue weighted by atomic mass is 16.5. The van der Waals surface area contributed by atoms with Crippen molar-refractivity contribution < 1.29 is 4.74 Å². The lowest BCUT2D eigenvalue weighted by Crippen LogP contribution is -2.07. The second-order valence-corrected chi connectivity index (χ2v) is 9.75. The quantitative estimate of drug-likeness (QED) is 0.228. The standard InChI is InChI=1S/C27H48O/c1-27(2,3)23-19-25-28-24-18-13-11-9-7-5-4-6-8-10-12-15-20-26-21-16-14-17-22-26/h14,16-17,21-22H,4-13,15,18-20,23-25H2,1-3H3. The fraction of sp³-hybridized carbons (Fsp3) is 0.778. The summed E-state index contributed by atoms with van der Waals surface area (Å²) in [7, 11) is 0. The Hall–Kier alpha value is -0.820. The molecule has 162 valence electrons. The fourth-order valence-corrected chi connectivity index (χ4v) is 3.75. The van der Waals surface area contributed by atoms with Crippen LogP contribution in [0.2, 0.25) is 0 Å². The summed E-state index contributed by atoms with van der Waals surface area (Å²) in [6.07, 6.45) is 20.5. The molecule has 1 aromatic rings. The monoisotopic (exact) mass is 388 g/mol. The van der Waals surface area contributed by atoms with Gasteiger partial charge in [0.05, 0.1) is 0 Å². The molecule has 0 amide bonds. The van der Waals surface area contributed by atoms with E-state index in [1.165, 1.54) is 102 Å². The van der Waals surface area contributed by atoms with Gasteiger partial charge in [0.1, 0.15) is 0 Å². The van der Waals surface area contributed by atoms with Gasteiger partial charge in [-0.15, -0.1) is 0 Å². The van der Waals surface area contributed by atoms with E-state index in [-0.39, 0.29) is 0 Å². The lowest BCUT2D eigenvalue weighted by atomic mass is 9.91. The Morgan fingerprint density at radius 3 is 1.57 bits per heavy atom. The number of rotatable bonds is 18. The normalized spacial score (nSPS) is 11.8. The second-order valence-electron chi connectivity index (χ2n) is 9.75. The molecule has 0 aliphatic carbocycles. The maximum absolute atomic E-state index is 5.75. The topological polar surface area (TPSA) is 9.23 Å². The Kier molecular flexibility index (Phi) is 15.4. The van der Waals surface area contributed by atoms with Crippen molar-refractivity contribution in [3.05, 3.63) is 35.9 Å². The van der Waals surface area contributed by atoms with Crippen molar-refractivity contribution >= 4 is 0 Å². The van der Waals surface area contributed by atoms with E-state index in [0.717, 1.165) is 13.2 Å². The van der Waals surface area contributed by atoms with Crippen molar-refractivity contribution in [3.63, 3.8) is 0 Å². The molecular weight excluding hydrogens is 340 g/mol. The van der Waals surface area contributed by atoms with Crippen LogP contribution in [0.3, 0.4) is 0 Å². The molecule has 0 aliphatic rings. The highest BCUT2D eigenvalue weighted by Gasteiger charge is 2.08. The Morgan fingerprint density at radius 2 is 1.04 bits per heavy atom. The van der Waals surface area contributed by atoms with Crippen LogP contribution in [-0.4, -0.2) is 13.2 Å². The first-order valence-corrected chi connectivity index (χ1v) is 12.2.